The van der Waals surface area contributed by atoms with Gasteiger partial charge in [0, 0.05) is 12.1 Å². The second-order valence-corrected chi connectivity index (χ2v) is 8.29. The molecule has 2 amide bonds. The van der Waals surface area contributed by atoms with Crippen molar-refractivity contribution >= 4 is 16.1 Å². The Morgan fingerprint density at radius 2 is 1.74 bits per heavy atom. The van der Waals surface area contributed by atoms with Crippen LogP contribution in [-0.2, 0) is 10.0 Å². The summed E-state index contributed by atoms with van der Waals surface area (Å²) in [6, 6.07) is 5.67. The van der Waals surface area contributed by atoms with Crippen LogP contribution < -0.4 is 10.0 Å². The second kappa shape index (κ2) is 6.88. The monoisotopic (exact) mass is 339 g/mol. The maximum absolute atomic E-state index is 12.2. The highest BCUT2D eigenvalue weighted by Crippen LogP contribution is 2.20. The van der Waals surface area contributed by atoms with Crippen LogP contribution in [-0.4, -0.2) is 44.5 Å². The Labute approximate surface area is 138 Å². The Balaban J connectivity index is 1.92. The summed E-state index contributed by atoms with van der Waals surface area (Å²) in [5, 5.41) is 2.67. The third kappa shape index (κ3) is 4.68. The number of amides is 2. The van der Waals surface area contributed by atoms with Gasteiger partial charge >= 0.3 is 6.03 Å². The SMILES string of the molecule is Cc1ccc(S(=O)(=O)NC(=O)NCC(C)(C)N2CCCC2)cc1. The van der Waals surface area contributed by atoms with E-state index < -0.39 is 16.1 Å². The Bertz CT molecular complexity index is 648. The number of carbonyl (C=O) groups excluding carboxylic acids is 1. The topological polar surface area (TPSA) is 78.5 Å². The van der Waals surface area contributed by atoms with Crippen LogP contribution in [0.3, 0.4) is 0 Å². The summed E-state index contributed by atoms with van der Waals surface area (Å²) in [5.74, 6) is 0. The Morgan fingerprint density at radius 1 is 1.17 bits per heavy atom. The Kier molecular flexibility index (Phi) is 5.31. The van der Waals surface area contributed by atoms with E-state index in [4.69, 9.17) is 0 Å². The van der Waals surface area contributed by atoms with Crippen LogP contribution in [0.15, 0.2) is 29.2 Å². The number of carbonyl (C=O) groups is 1. The summed E-state index contributed by atoms with van der Waals surface area (Å²) < 4.78 is 26.4. The number of nitrogens with zero attached hydrogens (tertiary/aromatic N) is 1. The van der Waals surface area contributed by atoms with E-state index in [0.29, 0.717) is 6.54 Å². The fraction of sp³-hybridized carbons (Fsp3) is 0.562. The normalized spacial score (nSPS) is 16.3. The van der Waals surface area contributed by atoms with E-state index in [1.54, 1.807) is 12.1 Å². The molecule has 1 saturated heterocycles. The minimum atomic E-state index is -3.84. The number of sulfonamides is 1. The van der Waals surface area contributed by atoms with Crippen LogP contribution in [0, 0.1) is 6.92 Å². The zero-order chi connectivity index (χ0) is 17.1. The molecule has 7 heteroatoms. The van der Waals surface area contributed by atoms with Crippen LogP contribution in [0.25, 0.3) is 0 Å². The third-order valence-electron chi connectivity index (χ3n) is 4.20. The number of urea groups is 1. The van der Waals surface area contributed by atoms with Crippen molar-refractivity contribution in [1.29, 1.82) is 0 Å². The van der Waals surface area contributed by atoms with Crippen LogP contribution in [0.4, 0.5) is 4.79 Å². The molecule has 0 spiro atoms. The van der Waals surface area contributed by atoms with Crippen molar-refractivity contribution in [2.45, 2.75) is 44.0 Å². The number of nitrogens with one attached hydrogen (secondary N) is 2. The molecular formula is C16H25N3O3S. The standard InChI is InChI=1S/C16H25N3O3S/c1-13-6-8-14(9-7-13)23(21,22)18-15(20)17-12-16(2,3)19-10-4-5-11-19/h6-9H,4-5,10-12H2,1-3H3,(H2,17,18,20). The Morgan fingerprint density at radius 3 is 2.30 bits per heavy atom. The largest absolute Gasteiger partial charge is 0.335 e. The van der Waals surface area contributed by atoms with Gasteiger partial charge in [-0.05, 0) is 58.8 Å². The van der Waals surface area contributed by atoms with Crippen LogP contribution in [0.5, 0.6) is 0 Å². The quantitative estimate of drug-likeness (QED) is 0.858. The first-order valence-corrected chi connectivity index (χ1v) is 9.31. The van der Waals surface area contributed by atoms with E-state index in [0.717, 1.165) is 31.5 Å². The smallest absolute Gasteiger partial charge is 0.328 e. The lowest BCUT2D eigenvalue weighted by molar-refractivity contribution is 0.152. The zero-order valence-electron chi connectivity index (χ0n) is 13.9. The van der Waals surface area contributed by atoms with Gasteiger partial charge in [-0.25, -0.2) is 17.9 Å². The summed E-state index contributed by atoms with van der Waals surface area (Å²) in [6.45, 7) is 8.38. The van der Waals surface area contributed by atoms with Crippen LogP contribution >= 0.6 is 0 Å². The van der Waals surface area contributed by atoms with Crippen molar-refractivity contribution < 1.29 is 13.2 Å². The van der Waals surface area contributed by atoms with Crippen molar-refractivity contribution in [2.24, 2.45) is 0 Å². The molecule has 0 aromatic heterocycles. The molecule has 6 nitrogen and oxygen atoms in total. The molecule has 128 valence electrons. The maximum atomic E-state index is 12.2. The predicted molar refractivity (Wildman–Crippen MR) is 89.8 cm³/mol. The predicted octanol–water partition coefficient (Wildman–Crippen LogP) is 1.86. The summed E-state index contributed by atoms with van der Waals surface area (Å²) in [4.78, 5) is 14.3. The highest BCUT2D eigenvalue weighted by molar-refractivity contribution is 7.90. The molecule has 0 saturated carbocycles. The number of likely N-dealkylation sites (tertiary alicyclic amines) is 1. The number of rotatable bonds is 5. The lowest BCUT2D eigenvalue weighted by Gasteiger charge is -2.35. The third-order valence-corrected chi connectivity index (χ3v) is 5.55. The van der Waals surface area contributed by atoms with E-state index in [1.807, 2.05) is 20.8 Å². The van der Waals surface area contributed by atoms with Crippen LogP contribution in [0.1, 0.15) is 32.3 Å². The highest BCUT2D eigenvalue weighted by Gasteiger charge is 2.29. The summed E-state index contributed by atoms with van der Waals surface area (Å²) in [6.07, 6.45) is 2.33. The van der Waals surface area contributed by atoms with E-state index in [-0.39, 0.29) is 10.4 Å². The number of hydrogen-bond donors (Lipinski definition) is 2. The molecule has 23 heavy (non-hydrogen) atoms. The molecule has 0 aliphatic carbocycles. The first-order valence-electron chi connectivity index (χ1n) is 7.83. The van der Waals surface area contributed by atoms with Gasteiger partial charge in [-0.2, -0.15) is 0 Å². The lowest BCUT2D eigenvalue weighted by atomic mass is 10.0. The van der Waals surface area contributed by atoms with Gasteiger partial charge in [-0.1, -0.05) is 17.7 Å². The zero-order valence-corrected chi connectivity index (χ0v) is 14.7. The molecule has 1 aromatic carbocycles. The molecule has 0 unspecified atom stereocenters. The van der Waals surface area contributed by atoms with Crippen molar-refractivity contribution in [3.8, 4) is 0 Å². The van der Waals surface area contributed by atoms with Crippen molar-refractivity contribution in [1.82, 2.24) is 14.9 Å². The molecular weight excluding hydrogens is 314 g/mol. The average molecular weight is 339 g/mol. The minimum absolute atomic E-state index is 0.0806. The molecule has 0 radical (unpaired) electrons. The molecule has 1 fully saturated rings. The highest BCUT2D eigenvalue weighted by atomic mass is 32.2. The fourth-order valence-corrected chi connectivity index (χ4v) is 3.59. The molecule has 1 aliphatic rings. The molecule has 1 heterocycles. The molecule has 2 N–H and O–H groups in total. The van der Waals surface area contributed by atoms with Crippen molar-refractivity contribution in [3.63, 3.8) is 0 Å². The molecule has 2 rings (SSSR count). The average Bonchev–Trinajstić information content (AvgIpc) is 3.00. The van der Waals surface area contributed by atoms with Gasteiger partial charge in [0.2, 0.25) is 0 Å². The summed E-state index contributed by atoms with van der Waals surface area (Å²) >= 11 is 0. The van der Waals surface area contributed by atoms with Gasteiger partial charge in [0.25, 0.3) is 10.0 Å². The minimum Gasteiger partial charge on any atom is -0.335 e. The van der Waals surface area contributed by atoms with Gasteiger partial charge in [0.05, 0.1) is 4.90 Å². The van der Waals surface area contributed by atoms with E-state index in [9.17, 15) is 13.2 Å². The molecule has 0 bridgehead atoms. The van der Waals surface area contributed by atoms with E-state index in [1.165, 1.54) is 12.1 Å². The van der Waals surface area contributed by atoms with Gasteiger partial charge < -0.3 is 5.32 Å². The van der Waals surface area contributed by atoms with Crippen LogP contribution in [0.2, 0.25) is 0 Å². The van der Waals surface area contributed by atoms with E-state index >= 15 is 0 Å². The van der Waals surface area contributed by atoms with Gasteiger partial charge in [-0.15, -0.1) is 0 Å². The lowest BCUT2D eigenvalue weighted by Crippen LogP contribution is -2.52. The molecule has 0 atom stereocenters. The van der Waals surface area contributed by atoms with Crippen molar-refractivity contribution in [2.75, 3.05) is 19.6 Å². The summed E-state index contributed by atoms with van der Waals surface area (Å²) in [7, 11) is -3.84. The maximum Gasteiger partial charge on any atom is 0.328 e. The number of benzene rings is 1. The van der Waals surface area contributed by atoms with Crippen molar-refractivity contribution in [3.05, 3.63) is 29.8 Å². The number of aryl methyl sites for hydroxylation is 1. The molecule has 1 aliphatic heterocycles. The van der Waals surface area contributed by atoms with Gasteiger partial charge in [-0.3, -0.25) is 4.90 Å². The van der Waals surface area contributed by atoms with Gasteiger partial charge in [0.15, 0.2) is 0 Å². The van der Waals surface area contributed by atoms with Gasteiger partial charge in [0.1, 0.15) is 0 Å². The van der Waals surface area contributed by atoms with E-state index in [2.05, 4.69) is 14.9 Å². The number of hydrogen-bond acceptors (Lipinski definition) is 4. The first-order chi connectivity index (χ1) is 10.7. The Hall–Kier alpha value is -1.60. The second-order valence-electron chi connectivity index (χ2n) is 6.61. The molecule has 1 aromatic rings. The fourth-order valence-electron chi connectivity index (χ4n) is 2.67. The summed E-state index contributed by atoms with van der Waals surface area (Å²) in [5.41, 5.74) is 0.766. The first kappa shape index (κ1) is 17.7.